The summed E-state index contributed by atoms with van der Waals surface area (Å²) < 4.78 is 27.4. The fraction of sp³-hybridized carbons (Fsp3) is 0.393. The van der Waals surface area contributed by atoms with E-state index < -0.39 is 6.10 Å². The van der Waals surface area contributed by atoms with Crippen LogP contribution >= 0.6 is 0 Å². The number of aromatic nitrogens is 1. The van der Waals surface area contributed by atoms with Gasteiger partial charge in [0.2, 0.25) is 5.75 Å². The highest BCUT2D eigenvalue weighted by molar-refractivity contribution is 5.70. The van der Waals surface area contributed by atoms with E-state index in [1.165, 1.54) is 0 Å². The van der Waals surface area contributed by atoms with Crippen LogP contribution in [0.5, 0.6) is 23.0 Å². The number of benzene rings is 2. The third-order valence-corrected chi connectivity index (χ3v) is 5.72. The molecule has 3 aromatic rings. The van der Waals surface area contributed by atoms with E-state index in [-0.39, 0.29) is 12.6 Å². The van der Waals surface area contributed by atoms with E-state index in [0.29, 0.717) is 35.3 Å². The quantitative estimate of drug-likeness (QED) is 0.336. The van der Waals surface area contributed by atoms with E-state index in [2.05, 4.69) is 17.4 Å². The van der Waals surface area contributed by atoms with Crippen LogP contribution in [-0.4, -0.2) is 56.9 Å². The molecule has 0 aliphatic rings. The lowest BCUT2D eigenvalue weighted by Gasteiger charge is -2.19. The molecule has 3 rings (SSSR count). The summed E-state index contributed by atoms with van der Waals surface area (Å²) in [6, 6.07) is 13.7. The minimum absolute atomic E-state index is 0.179. The van der Waals surface area contributed by atoms with Gasteiger partial charge in [-0.2, -0.15) is 0 Å². The third kappa shape index (κ3) is 7.76. The average molecular weight is 497 g/mol. The first kappa shape index (κ1) is 27.1. The molecular weight excluding hydrogens is 460 g/mol. The third-order valence-electron chi connectivity index (χ3n) is 5.72. The molecule has 8 nitrogen and oxygen atoms in total. The normalized spacial score (nSPS) is 12.9. The zero-order valence-electron chi connectivity index (χ0n) is 21.6. The summed E-state index contributed by atoms with van der Waals surface area (Å²) in [5, 5.41) is 17.7. The van der Waals surface area contributed by atoms with Gasteiger partial charge in [0.15, 0.2) is 17.3 Å². The van der Waals surface area contributed by atoms with Crippen molar-refractivity contribution in [3.05, 3.63) is 65.0 Å². The monoisotopic (exact) mass is 496 g/mol. The molecule has 0 fully saturated rings. The smallest absolute Gasteiger partial charge is 0.203 e. The van der Waals surface area contributed by atoms with Crippen LogP contribution in [0.3, 0.4) is 0 Å². The molecule has 0 spiro atoms. The van der Waals surface area contributed by atoms with Crippen LogP contribution in [0.15, 0.2) is 47.0 Å². The minimum atomic E-state index is -0.650. The van der Waals surface area contributed by atoms with Gasteiger partial charge in [0.1, 0.15) is 18.5 Å². The van der Waals surface area contributed by atoms with Gasteiger partial charge in [-0.3, -0.25) is 0 Å². The van der Waals surface area contributed by atoms with Gasteiger partial charge in [0, 0.05) is 24.2 Å². The number of aryl methyl sites for hydroxylation is 2. The van der Waals surface area contributed by atoms with Crippen LogP contribution in [0, 0.1) is 6.92 Å². The zero-order valence-corrected chi connectivity index (χ0v) is 21.6. The predicted octanol–water partition coefficient (Wildman–Crippen LogP) is 4.53. The van der Waals surface area contributed by atoms with Crippen molar-refractivity contribution >= 4 is 12.2 Å². The Hall–Kier alpha value is -3.49. The predicted molar refractivity (Wildman–Crippen MR) is 140 cm³/mol. The molecule has 2 atom stereocenters. The van der Waals surface area contributed by atoms with Gasteiger partial charge in [-0.15, -0.1) is 0 Å². The van der Waals surface area contributed by atoms with E-state index in [1.54, 1.807) is 21.3 Å². The molecule has 0 amide bonds. The van der Waals surface area contributed by atoms with Crippen molar-refractivity contribution < 1.29 is 28.6 Å². The largest absolute Gasteiger partial charge is 0.493 e. The summed E-state index contributed by atoms with van der Waals surface area (Å²) in [5.41, 5.74) is 2.81. The maximum absolute atomic E-state index is 10.5. The average Bonchev–Trinajstić information content (AvgIpc) is 3.32. The van der Waals surface area contributed by atoms with Crippen LogP contribution in [-0.2, 0) is 6.42 Å². The van der Waals surface area contributed by atoms with Gasteiger partial charge in [-0.05, 0) is 62.6 Å². The number of methoxy groups -OCH3 is 3. The molecule has 0 bridgehead atoms. The highest BCUT2D eigenvalue weighted by Gasteiger charge is 2.14. The highest BCUT2D eigenvalue weighted by atomic mass is 16.5. The summed E-state index contributed by atoms with van der Waals surface area (Å²) in [6.07, 6.45) is 4.80. The first-order chi connectivity index (χ1) is 17.4. The standard InChI is InChI=1S/C28H36N2O6/c1-19(10-11-21-15-26(32-3)28(34-5)27(16-21)33-4)29-17-23(31)18-35-25-9-7-6-8-22(25)12-13-24-14-20(2)30-36-24/h6-9,12-16,19,23,29,31H,10-11,17-18H2,1-5H3. The lowest BCUT2D eigenvalue weighted by atomic mass is 10.0. The molecule has 36 heavy (non-hydrogen) atoms. The number of para-hydroxylation sites is 1. The topological polar surface area (TPSA) is 95.2 Å². The van der Waals surface area contributed by atoms with Crippen LogP contribution in [0.4, 0.5) is 0 Å². The van der Waals surface area contributed by atoms with E-state index in [1.807, 2.05) is 61.5 Å². The van der Waals surface area contributed by atoms with E-state index in [0.717, 1.165) is 29.7 Å². The zero-order chi connectivity index (χ0) is 25.9. The minimum Gasteiger partial charge on any atom is -0.493 e. The second-order valence-electron chi connectivity index (χ2n) is 8.59. The van der Waals surface area contributed by atoms with Gasteiger partial charge >= 0.3 is 0 Å². The molecule has 2 N–H and O–H groups in total. The number of rotatable bonds is 14. The number of ether oxygens (including phenoxy) is 4. The Kier molecular flexibility index (Phi) is 10.2. The first-order valence-electron chi connectivity index (χ1n) is 12.0. The van der Waals surface area contributed by atoms with Crippen LogP contribution < -0.4 is 24.3 Å². The van der Waals surface area contributed by atoms with Gasteiger partial charge in [-0.25, -0.2) is 0 Å². The maximum Gasteiger partial charge on any atom is 0.203 e. The number of aliphatic hydroxyl groups excluding tert-OH is 1. The molecule has 8 heteroatoms. The van der Waals surface area contributed by atoms with Gasteiger partial charge in [0.05, 0.1) is 27.0 Å². The molecule has 194 valence electrons. The molecule has 0 radical (unpaired) electrons. The molecule has 0 aliphatic carbocycles. The maximum atomic E-state index is 10.5. The summed E-state index contributed by atoms with van der Waals surface area (Å²) in [4.78, 5) is 0. The molecule has 0 saturated carbocycles. The van der Waals surface area contributed by atoms with Crippen molar-refractivity contribution in [2.45, 2.75) is 38.8 Å². The van der Waals surface area contributed by atoms with Gasteiger partial charge in [-0.1, -0.05) is 23.4 Å². The summed E-state index contributed by atoms with van der Waals surface area (Å²) >= 11 is 0. The first-order valence-corrected chi connectivity index (χ1v) is 12.0. The number of hydrogen-bond donors (Lipinski definition) is 2. The fourth-order valence-corrected chi connectivity index (χ4v) is 3.73. The second kappa shape index (κ2) is 13.6. The lowest BCUT2D eigenvalue weighted by Crippen LogP contribution is -2.36. The van der Waals surface area contributed by atoms with Crippen molar-refractivity contribution in [1.29, 1.82) is 0 Å². The Balaban J connectivity index is 1.46. The van der Waals surface area contributed by atoms with E-state index in [4.69, 9.17) is 23.5 Å². The van der Waals surface area contributed by atoms with Crippen molar-refractivity contribution in [1.82, 2.24) is 10.5 Å². The summed E-state index contributed by atoms with van der Waals surface area (Å²) in [6.45, 7) is 4.57. The second-order valence-corrected chi connectivity index (χ2v) is 8.59. The van der Waals surface area contributed by atoms with Crippen LogP contribution in [0.25, 0.3) is 12.2 Å². The molecule has 2 unspecified atom stereocenters. The van der Waals surface area contributed by atoms with Crippen molar-refractivity contribution in [2.75, 3.05) is 34.5 Å². The Morgan fingerprint density at radius 3 is 2.36 bits per heavy atom. The molecule has 0 saturated heterocycles. The van der Waals surface area contributed by atoms with Crippen molar-refractivity contribution in [3.8, 4) is 23.0 Å². The van der Waals surface area contributed by atoms with Crippen LogP contribution in [0.2, 0.25) is 0 Å². The number of aliphatic hydroxyl groups is 1. The fourth-order valence-electron chi connectivity index (χ4n) is 3.73. The van der Waals surface area contributed by atoms with Gasteiger partial charge < -0.3 is 33.9 Å². The highest BCUT2D eigenvalue weighted by Crippen LogP contribution is 2.38. The Bertz CT molecular complexity index is 1100. The molecular formula is C28H36N2O6. The Morgan fingerprint density at radius 1 is 1.00 bits per heavy atom. The van der Waals surface area contributed by atoms with E-state index >= 15 is 0 Å². The molecule has 2 aromatic carbocycles. The molecule has 1 aromatic heterocycles. The lowest BCUT2D eigenvalue weighted by molar-refractivity contribution is 0.104. The van der Waals surface area contributed by atoms with E-state index in [9.17, 15) is 5.11 Å². The Morgan fingerprint density at radius 2 is 1.72 bits per heavy atom. The van der Waals surface area contributed by atoms with Gasteiger partial charge in [0.25, 0.3) is 0 Å². The SMILES string of the molecule is COc1cc(CCC(C)NCC(O)COc2ccccc2C=Cc2cc(C)no2)cc(OC)c1OC. The van der Waals surface area contributed by atoms with Crippen molar-refractivity contribution in [2.24, 2.45) is 0 Å². The molecule has 0 aliphatic heterocycles. The molecule has 1 heterocycles. The van der Waals surface area contributed by atoms with Crippen molar-refractivity contribution in [3.63, 3.8) is 0 Å². The number of hydrogen-bond acceptors (Lipinski definition) is 8. The Labute approximate surface area is 212 Å². The number of nitrogens with zero attached hydrogens (tertiary/aromatic N) is 1. The summed E-state index contributed by atoms with van der Waals surface area (Å²) in [7, 11) is 4.82. The summed E-state index contributed by atoms with van der Waals surface area (Å²) in [5.74, 6) is 3.24. The van der Waals surface area contributed by atoms with Crippen LogP contribution in [0.1, 0.15) is 35.9 Å². The number of nitrogens with one attached hydrogen (secondary N) is 1.